The molecule has 3 aliphatic heterocycles. The van der Waals surface area contributed by atoms with E-state index < -0.39 is 0 Å². The summed E-state index contributed by atoms with van der Waals surface area (Å²) in [6.07, 6.45) is 7.35. The maximum absolute atomic E-state index is 4.74. The number of hydrogen-bond donors (Lipinski definition) is 0. The van der Waals surface area contributed by atoms with Crippen LogP contribution in [0.4, 0.5) is 5.69 Å². The van der Waals surface area contributed by atoms with Crippen molar-refractivity contribution >= 4 is 16.6 Å². The normalized spacial score (nSPS) is 22.7. The molecule has 5 nitrogen and oxygen atoms in total. The van der Waals surface area contributed by atoms with Crippen LogP contribution in [0, 0.1) is 6.92 Å². The summed E-state index contributed by atoms with van der Waals surface area (Å²) in [5.74, 6) is 0.542. The van der Waals surface area contributed by atoms with Gasteiger partial charge in [-0.05, 0) is 88.7 Å². The number of benzene rings is 1. The highest BCUT2D eigenvalue weighted by molar-refractivity contribution is 5.93. The molecule has 1 aromatic carbocycles. The number of piperazine rings is 1. The lowest BCUT2D eigenvalue weighted by molar-refractivity contribution is 0.0359. The molecule has 1 aromatic heterocycles. The third-order valence-electron chi connectivity index (χ3n) is 9.10. The van der Waals surface area contributed by atoms with Crippen LogP contribution in [0.1, 0.15) is 70.4 Å². The lowest BCUT2D eigenvalue weighted by atomic mass is 9.95. The molecule has 0 bridgehead atoms. The summed E-state index contributed by atoms with van der Waals surface area (Å²) in [5.41, 5.74) is 5.29. The fourth-order valence-electron chi connectivity index (χ4n) is 6.76. The van der Waals surface area contributed by atoms with Crippen LogP contribution in [0.3, 0.4) is 0 Å². The second kappa shape index (κ2) is 10.7. The minimum atomic E-state index is 0.542. The predicted octanol–water partition coefficient (Wildman–Crippen LogP) is 5.13. The van der Waals surface area contributed by atoms with Gasteiger partial charge in [0.2, 0.25) is 0 Å². The van der Waals surface area contributed by atoms with Gasteiger partial charge in [-0.15, -0.1) is 0 Å². The number of pyridine rings is 1. The molecular formula is C30H47N5. The van der Waals surface area contributed by atoms with Crippen molar-refractivity contribution in [2.45, 2.75) is 84.3 Å². The first kappa shape index (κ1) is 25.0. The fraction of sp³-hybridized carbons (Fsp3) is 0.700. The molecule has 5 rings (SSSR count). The number of nitrogens with zero attached hydrogens (tertiary/aromatic N) is 5. The average molecular weight is 478 g/mol. The number of anilines is 1. The van der Waals surface area contributed by atoms with Crippen LogP contribution in [0.15, 0.2) is 24.4 Å². The van der Waals surface area contributed by atoms with Gasteiger partial charge in [-0.25, -0.2) is 0 Å². The third kappa shape index (κ3) is 5.38. The van der Waals surface area contributed by atoms with Gasteiger partial charge in [0, 0.05) is 69.0 Å². The maximum atomic E-state index is 4.74. The zero-order chi connectivity index (χ0) is 24.5. The summed E-state index contributed by atoms with van der Waals surface area (Å²) < 4.78 is 0. The SMILES string of the molecule is Cc1cnc2ccc(C(C)C)cc2c1N1CCC(N2CCC(N3CCN(C(C)C)CC3)CC2)CC1. The minimum absolute atomic E-state index is 0.542. The number of aromatic nitrogens is 1. The molecule has 0 amide bonds. The Morgan fingerprint density at radius 3 is 1.97 bits per heavy atom. The van der Waals surface area contributed by atoms with Crippen LogP contribution in [0.25, 0.3) is 10.9 Å². The highest BCUT2D eigenvalue weighted by atomic mass is 15.3. The van der Waals surface area contributed by atoms with Crippen LogP contribution >= 0.6 is 0 Å². The maximum Gasteiger partial charge on any atom is 0.0723 e. The van der Waals surface area contributed by atoms with E-state index in [0.717, 1.165) is 30.7 Å². The van der Waals surface area contributed by atoms with E-state index in [1.807, 2.05) is 0 Å². The Kier molecular flexibility index (Phi) is 7.66. The fourth-order valence-corrected chi connectivity index (χ4v) is 6.76. The van der Waals surface area contributed by atoms with Gasteiger partial charge in [-0.2, -0.15) is 0 Å². The Morgan fingerprint density at radius 1 is 0.771 bits per heavy atom. The molecular weight excluding hydrogens is 430 g/mol. The van der Waals surface area contributed by atoms with Crippen molar-refractivity contribution in [3.63, 3.8) is 0 Å². The number of rotatable bonds is 5. The first-order valence-electron chi connectivity index (χ1n) is 14.3. The molecule has 192 valence electrons. The predicted molar refractivity (Wildman–Crippen MR) is 149 cm³/mol. The average Bonchev–Trinajstić information content (AvgIpc) is 2.88. The van der Waals surface area contributed by atoms with Crippen molar-refractivity contribution in [2.75, 3.05) is 57.3 Å². The highest BCUT2D eigenvalue weighted by Crippen LogP contribution is 2.34. The number of piperidine rings is 2. The molecule has 0 unspecified atom stereocenters. The highest BCUT2D eigenvalue weighted by Gasteiger charge is 2.32. The Labute approximate surface area is 213 Å². The molecule has 5 heteroatoms. The second-order valence-electron chi connectivity index (χ2n) is 11.9. The Hall–Kier alpha value is -1.69. The summed E-state index contributed by atoms with van der Waals surface area (Å²) in [6.45, 7) is 21.4. The topological polar surface area (TPSA) is 25.9 Å². The molecule has 3 aliphatic rings. The summed E-state index contributed by atoms with van der Waals surface area (Å²) in [6, 6.07) is 9.11. The van der Waals surface area contributed by atoms with Crippen molar-refractivity contribution in [1.82, 2.24) is 19.7 Å². The first-order chi connectivity index (χ1) is 16.9. The van der Waals surface area contributed by atoms with Gasteiger partial charge in [0.1, 0.15) is 0 Å². The second-order valence-corrected chi connectivity index (χ2v) is 11.9. The van der Waals surface area contributed by atoms with Gasteiger partial charge in [0.25, 0.3) is 0 Å². The van der Waals surface area contributed by atoms with E-state index in [9.17, 15) is 0 Å². The molecule has 3 saturated heterocycles. The van der Waals surface area contributed by atoms with Crippen molar-refractivity contribution in [3.05, 3.63) is 35.5 Å². The molecule has 0 atom stereocenters. The molecule has 0 N–H and O–H groups in total. The third-order valence-corrected chi connectivity index (χ3v) is 9.10. The molecule has 0 saturated carbocycles. The lowest BCUT2D eigenvalue weighted by Crippen LogP contribution is -2.56. The molecule has 0 spiro atoms. The van der Waals surface area contributed by atoms with Crippen molar-refractivity contribution in [3.8, 4) is 0 Å². The van der Waals surface area contributed by atoms with Crippen LogP contribution in [0.2, 0.25) is 0 Å². The standard InChI is InChI=1S/C30H47N5/c1-22(2)25-6-7-29-28(20-25)30(24(5)21-31-29)35-14-10-26(11-15-35)33-12-8-27(9-13-33)34-18-16-32(17-19-34)23(3)4/h6-7,20-23,26-27H,8-19H2,1-5H3. The van der Waals surface area contributed by atoms with Crippen LogP contribution in [0.5, 0.6) is 0 Å². The van der Waals surface area contributed by atoms with Crippen molar-refractivity contribution in [1.29, 1.82) is 0 Å². The summed E-state index contributed by atoms with van der Waals surface area (Å²) >= 11 is 0. The molecule has 35 heavy (non-hydrogen) atoms. The zero-order valence-corrected chi connectivity index (χ0v) is 22.8. The van der Waals surface area contributed by atoms with Gasteiger partial charge in [0.15, 0.2) is 0 Å². The van der Waals surface area contributed by atoms with E-state index in [-0.39, 0.29) is 0 Å². The van der Waals surface area contributed by atoms with Crippen LogP contribution in [-0.2, 0) is 0 Å². The summed E-state index contributed by atoms with van der Waals surface area (Å²) in [7, 11) is 0. The first-order valence-corrected chi connectivity index (χ1v) is 14.3. The lowest BCUT2D eigenvalue weighted by Gasteiger charge is -2.46. The van der Waals surface area contributed by atoms with Crippen LogP contribution < -0.4 is 4.90 Å². The van der Waals surface area contributed by atoms with Crippen LogP contribution in [-0.4, -0.2) is 90.2 Å². The van der Waals surface area contributed by atoms with Gasteiger partial charge in [-0.1, -0.05) is 19.9 Å². The quantitative estimate of drug-likeness (QED) is 0.595. The smallest absolute Gasteiger partial charge is 0.0723 e. The largest absolute Gasteiger partial charge is 0.371 e. The number of hydrogen-bond acceptors (Lipinski definition) is 5. The van der Waals surface area contributed by atoms with E-state index >= 15 is 0 Å². The van der Waals surface area contributed by atoms with E-state index in [0.29, 0.717) is 12.0 Å². The van der Waals surface area contributed by atoms with Gasteiger partial charge in [0.05, 0.1) is 11.2 Å². The van der Waals surface area contributed by atoms with Crippen molar-refractivity contribution in [2.24, 2.45) is 0 Å². The van der Waals surface area contributed by atoms with E-state index in [1.54, 1.807) is 0 Å². The number of aryl methyl sites for hydroxylation is 1. The van der Waals surface area contributed by atoms with Crippen molar-refractivity contribution < 1.29 is 0 Å². The van der Waals surface area contributed by atoms with E-state index in [1.165, 1.54) is 87.2 Å². The monoisotopic (exact) mass is 477 g/mol. The Bertz CT molecular complexity index is 978. The molecule has 0 aliphatic carbocycles. The summed E-state index contributed by atoms with van der Waals surface area (Å²) in [4.78, 5) is 15.7. The molecule has 4 heterocycles. The molecule has 2 aromatic rings. The summed E-state index contributed by atoms with van der Waals surface area (Å²) in [5, 5.41) is 1.34. The van der Waals surface area contributed by atoms with E-state index in [4.69, 9.17) is 4.98 Å². The molecule has 0 radical (unpaired) electrons. The van der Waals surface area contributed by atoms with Gasteiger partial charge >= 0.3 is 0 Å². The minimum Gasteiger partial charge on any atom is -0.371 e. The van der Waals surface area contributed by atoms with E-state index in [2.05, 4.69) is 78.6 Å². The Morgan fingerprint density at radius 2 is 1.37 bits per heavy atom. The zero-order valence-electron chi connectivity index (χ0n) is 22.8. The van der Waals surface area contributed by atoms with Gasteiger partial charge < -0.3 is 9.80 Å². The van der Waals surface area contributed by atoms with Gasteiger partial charge in [-0.3, -0.25) is 14.8 Å². The number of fused-ring (bicyclic) bond motifs is 1. The molecule has 3 fully saturated rings. The Balaban J connectivity index is 1.17. The number of likely N-dealkylation sites (tertiary alicyclic amines) is 1.